The minimum atomic E-state index is -3.65. The summed E-state index contributed by atoms with van der Waals surface area (Å²) in [6.07, 6.45) is -0.123. The lowest BCUT2D eigenvalue weighted by atomic mass is 10.2. The summed E-state index contributed by atoms with van der Waals surface area (Å²) in [6.45, 7) is -0.237. The van der Waals surface area contributed by atoms with E-state index >= 15 is 0 Å². The number of methoxy groups -OCH3 is 1. The van der Waals surface area contributed by atoms with Gasteiger partial charge in [-0.3, -0.25) is 19.2 Å². The van der Waals surface area contributed by atoms with Crippen molar-refractivity contribution >= 4 is 33.0 Å². The number of benzene rings is 2. The quantitative estimate of drug-likeness (QED) is 0.591. The number of nitro groups is 1. The molecule has 2 aromatic carbocycles. The zero-order chi connectivity index (χ0) is 20.5. The van der Waals surface area contributed by atoms with E-state index < -0.39 is 27.0 Å². The largest absolute Gasteiger partial charge is 0.495 e. The summed E-state index contributed by atoms with van der Waals surface area (Å²) < 4.78 is 36.1. The molecule has 0 bridgehead atoms. The van der Waals surface area contributed by atoms with Crippen LogP contribution in [0.2, 0.25) is 0 Å². The third-order valence-electron chi connectivity index (χ3n) is 4.08. The van der Waals surface area contributed by atoms with Gasteiger partial charge in [0.1, 0.15) is 11.5 Å². The Morgan fingerprint density at radius 3 is 2.68 bits per heavy atom. The Morgan fingerprint density at radius 2 is 2.04 bits per heavy atom. The fraction of sp³-hybridized carbons (Fsp3) is 0.235. The summed E-state index contributed by atoms with van der Waals surface area (Å²) in [4.78, 5) is 23.1. The van der Waals surface area contributed by atoms with Crippen molar-refractivity contribution < 1.29 is 27.6 Å². The summed E-state index contributed by atoms with van der Waals surface area (Å²) in [5.41, 5.74) is 0.181. The number of nitro benzene ring substituents is 1. The van der Waals surface area contributed by atoms with Crippen LogP contribution in [-0.4, -0.2) is 45.3 Å². The van der Waals surface area contributed by atoms with Gasteiger partial charge in [-0.2, -0.15) is 0 Å². The number of anilines is 2. The van der Waals surface area contributed by atoms with Crippen molar-refractivity contribution in [1.82, 2.24) is 0 Å². The number of ether oxygens (including phenoxy) is 2. The van der Waals surface area contributed by atoms with Crippen molar-refractivity contribution in [2.45, 2.75) is 6.10 Å². The van der Waals surface area contributed by atoms with Gasteiger partial charge < -0.3 is 14.8 Å². The van der Waals surface area contributed by atoms with Crippen LogP contribution >= 0.6 is 0 Å². The molecule has 1 N–H and O–H groups in total. The van der Waals surface area contributed by atoms with Crippen molar-refractivity contribution in [3.8, 4) is 11.5 Å². The number of nitrogens with zero attached hydrogens (tertiary/aromatic N) is 2. The minimum absolute atomic E-state index is 0.0788. The third-order valence-corrected chi connectivity index (χ3v) is 5.23. The topological polar surface area (TPSA) is 128 Å². The predicted octanol–water partition coefficient (Wildman–Crippen LogP) is 1.77. The van der Waals surface area contributed by atoms with Crippen LogP contribution in [0.3, 0.4) is 0 Å². The monoisotopic (exact) mass is 407 g/mol. The summed E-state index contributed by atoms with van der Waals surface area (Å²) in [7, 11) is -2.29. The smallest absolute Gasteiger partial charge is 0.271 e. The van der Waals surface area contributed by atoms with Gasteiger partial charge in [0.25, 0.3) is 11.6 Å². The van der Waals surface area contributed by atoms with Gasteiger partial charge >= 0.3 is 0 Å². The zero-order valence-corrected chi connectivity index (χ0v) is 15.8. The molecule has 0 saturated carbocycles. The number of hydrogen-bond donors (Lipinski definition) is 1. The first kappa shape index (κ1) is 19.4. The number of amides is 1. The molecule has 3 rings (SSSR count). The first-order valence-electron chi connectivity index (χ1n) is 8.07. The highest BCUT2D eigenvalue weighted by Crippen LogP contribution is 2.35. The van der Waals surface area contributed by atoms with Crippen LogP contribution in [0.15, 0.2) is 42.5 Å². The maximum absolute atomic E-state index is 12.7. The number of para-hydroxylation sites is 2. The van der Waals surface area contributed by atoms with Crippen LogP contribution in [0.25, 0.3) is 0 Å². The first-order valence-corrected chi connectivity index (χ1v) is 9.92. The van der Waals surface area contributed by atoms with E-state index in [0.29, 0.717) is 5.69 Å². The molecule has 2 aromatic rings. The molecule has 0 fully saturated rings. The highest BCUT2D eigenvalue weighted by Gasteiger charge is 2.35. The van der Waals surface area contributed by atoms with E-state index in [1.54, 1.807) is 24.3 Å². The van der Waals surface area contributed by atoms with E-state index in [-0.39, 0.29) is 29.4 Å². The van der Waals surface area contributed by atoms with Gasteiger partial charge in [0.2, 0.25) is 10.0 Å². The molecule has 148 valence electrons. The standard InChI is InChI=1S/C17H17N3O7S/c1-26-14-8-7-11(20(22)23)9-12(14)18-17(21)16-10-19(28(2,24)25)13-5-3-4-6-15(13)27-16/h3-9,16H,10H2,1-2H3,(H,18,21)/t16-/m1/s1. The van der Waals surface area contributed by atoms with Crippen LogP contribution in [0.5, 0.6) is 11.5 Å². The Kier molecular flexibility index (Phi) is 5.10. The molecular formula is C17H17N3O7S. The van der Waals surface area contributed by atoms with Gasteiger partial charge in [-0.1, -0.05) is 12.1 Å². The van der Waals surface area contributed by atoms with Gasteiger partial charge in [0, 0.05) is 12.1 Å². The fourth-order valence-electron chi connectivity index (χ4n) is 2.77. The molecular weight excluding hydrogens is 390 g/mol. The molecule has 0 unspecified atom stereocenters. The molecule has 1 amide bonds. The molecule has 0 aliphatic carbocycles. The SMILES string of the molecule is COc1ccc([N+](=O)[O-])cc1NC(=O)[C@H]1CN(S(C)(=O)=O)c2ccccc2O1. The molecule has 11 heteroatoms. The second-order valence-electron chi connectivity index (χ2n) is 6.00. The van der Waals surface area contributed by atoms with E-state index in [2.05, 4.69) is 5.32 Å². The third kappa shape index (κ3) is 3.83. The summed E-state index contributed by atoms with van der Waals surface area (Å²) in [6, 6.07) is 10.2. The fourth-order valence-corrected chi connectivity index (χ4v) is 3.69. The Balaban J connectivity index is 1.90. The number of non-ortho nitro benzene ring substituents is 1. The predicted molar refractivity (Wildman–Crippen MR) is 101 cm³/mol. The number of sulfonamides is 1. The summed E-state index contributed by atoms with van der Waals surface area (Å²) in [5.74, 6) is -0.206. The zero-order valence-electron chi connectivity index (χ0n) is 15.0. The van der Waals surface area contributed by atoms with Crippen molar-refractivity contribution in [3.05, 3.63) is 52.6 Å². The molecule has 0 aromatic heterocycles. The maximum Gasteiger partial charge on any atom is 0.271 e. The second-order valence-corrected chi connectivity index (χ2v) is 7.91. The molecule has 1 aliphatic rings. The Hall–Kier alpha value is -3.34. The lowest BCUT2D eigenvalue weighted by Crippen LogP contribution is -2.48. The molecule has 0 spiro atoms. The number of carbonyl (C=O) groups excluding carboxylic acids is 1. The van der Waals surface area contributed by atoms with Crippen LogP contribution in [0.4, 0.5) is 17.1 Å². The van der Waals surface area contributed by atoms with E-state index in [1.807, 2.05) is 0 Å². The van der Waals surface area contributed by atoms with Crippen molar-refractivity contribution in [1.29, 1.82) is 0 Å². The van der Waals surface area contributed by atoms with E-state index in [9.17, 15) is 23.3 Å². The van der Waals surface area contributed by atoms with E-state index in [4.69, 9.17) is 9.47 Å². The highest BCUT2D eigenvalue weighted by atomic mass is 32.2. The van der Waals surface area contributed by atoms with Gasteiger partial charge in [-0.05, 0) is 18.2 Å². The van der Waals surface area contributed by atoms with E-state index in [0.717, 1.165) is 16.6 Å². The Morgan fingerprint density at radius 1 is 1.32 bits per heavy atom. The first-order chi connectivity index (χ1) is 13.2. The average molecular weight is 407 g/mol. The van der Waals surface area contributed by atoms with Crippen LogP contribution in [0.1, 0.15) is 0 Å². The molecule has 1 atom stereocenters. The van der Waals surface area contributed by atoms with Crippen LogP contribution in [-0.2, 0) is 14.8 Å². The average Bonchev–Trinajstić information content (AvgIpc) is 2.66. The highest BCUT2D eigenvalue weighted by molar-refractivity contribution is 7.92. The maximum atomic E-state index is 12.7. The van der Waals surface area contributed by atoms with Gasteiger partial charge in [0.05, 0.1) is 36.2 Å². The van der Waals surface area contributed by atoms with Crippen molar-refractivity contribution in [2.24, 2.45) is 0 Å². The molecule has 10 nitrogen and oxygen atoms in total. The van der Waals surface area contributed by atoms with Crippen LogP contribution < -0.4 is 19.1 Å². The number of fused-ring (bicyclic) bond motifs is 1. The van der Waals surface area contributed by atoms with Gasteiger partial charge in [-0.25, -0.2) is 8.42 Å². The van der Waals surface area contributed by atoms with Gasteiger partial charge in [-0.15, -0.1) is 0 Å². The Labute approximate surface area is 160 Å². The molecule has 1 aliphatic heterocycles. The molecule has 0 saturated heterocycles. The molecule has 1 heterocycles. The van der Waals surface area contributed by atoms with E-state index in [1.165, 1.54) is 19.2 Å². The van der Waals surface area contributed by atoms with Crippen molar-refractivity contribution in [3.63, 3.8) is 0 Å². The summed E-state index contributed by atoms with van der Waals surface area (Å²) >= 11 is 0. The number of hydrogen-bond acceptors (Lipinski definition) is 7. The summed E-state index contributed by atoms with van der Waals surface area (Å²) in [5, 5.41) is 13.5. The number of nitrogens with one attached hydrogen (secondary N) is 1. The second kappa shape index (κ2) is 7.35. The number of rotatable bonds is 5. The van der Waals surface area contributed by atoms with Crippen LogP contribution in [0, 0.1) is 10.1 Å². The normalized spacial score (nSPS) is 15.9. The lowest BCUT2D eigenvalue weighted by Gasteiger charge is -2.33. The Bertz CT molecular complexity index is 1040. The van der Waals surface area contributed by atoms with Crippen molar-refractivity contribution in [2.75, 3.05) is 29.5 Å². The molecule has 28 heavy (non-hydrogen) atoms. The molecule has 0 radical (unpaired) electrons. The lowest BCUT2D eigenvalue weighted by molar-refractivity contribution is -0.384. The number of carbonyl (C=O) groups is 1. The van der Waals surface area contributed by atoms with Gasteiger partial charge in [0.15, 0.2) is 6.10 Å². The minimum Gasteiger partial charge on any atom is -0.495 e.